The molecule has 0 aliphatic rings. The molecule has 0 saturated carbocycles. The number of nitrogen functional groups attached to an aromatic ring is 1. The second-order valence-electron chi connectivity index (χ2n) is 3.38. The molecular formula is C12H11FN2. The van der Waals surface area contributed by atoms with E-state index in [1.165, 1.54) is 12.1 Å². The van der Waals surface area contributed by atoms with Crippen LogP contribution in [0.4, 0.5) is 10.1 Å². The van der Waals surface area contributed by atoms with Crippen molar-refractivity contribution in [3.63, 3.8) is 0 Å². The van der Waals surface area contributed by atoms with Crippen LogP contribution in [0.5, 0.6) is 0 Å². The number of halogens is 1. The van der Waals surface area contributed by atoms with Crippen LogP contribution in [-0.4, -0.2) is 4.98 Å². The highest BCUT2D eigenvalue weighted by atomic mass is 19.1. The molecular weight excluding hydrogens is 191 g/mol. The first-order chi connectivity index (χ1) is 7.25. The quantitative estimate of drug-likeness (QED) is 0.759. The van der Waals surface area contributed by atoms with E-state index in [0.717, 1.165) is 11.1 Å². The minimum atomic E-state index is -0.300. The third-order valence-corrected chi connectivity index (χ3v) is 2.25. The lowest BCUT2D eigenvalue weighted by atomic mass is 10.0. The van der Waals surface area contributed by atoms with Gasteiger partial charge in [0, 0.05) is 18.1 Å². The van der Waals surface area contributed by atoms with Gasteiger partial charge in [-0.25, -0.2) is 4.39 Å². The van der Waals surface area contributed by atoms with Crippen molar-refractivity contribution < 1.29 is 4.39 Å². The van der Waals surface area contributed by atoms with E-state index in [0.29, 0.717) is 12.1 Å². The number of hydrogen-bond donors (Lipinski definition) is 1. The highest BCUT2D eigenvalue weighted by Crippen LogP contribution is 2.17. The summed E-state index contributed by atoms with van der Waals surface area (Å²) in [5.74, 6) is -0.300. The van der Waals surface area contributed by atoms with Gasteiger partial charge in [0.1, 0.15) is 5.82 Å². The van der Waals surface area contributed by atoms with Crippen LogP contribution in [0.25, 0.3) is 0 Å². The van der Waals surface area contributed by atoms with Crippen molar-refractivity contribution in [1.82, 2.24) is 4.98 Å². The van der Waals surface area contributed by atoms with Crippen molar-refractivity contribution in [3.8, 4) is 0 Å². The Hall–Kier alpha value is -1.90. The molecule has 15 heavy (non-hydrogen) atoms. The van der Waals surface area contributed by atoms with Crippen molar-refractivity contribution in [2.75, 3.05) is 5.73 Å². The number of nitrogens with zero attached hydrogens (tertiary/aromatic N) is 1. The summed E-state index contributed by atoms with van der Waals surface area (Å²) >= 11 is 0. The molecule has 2 N–H and O–H groups in total. The average molecular weight is 202 g/mol. The summed E-state index contributed by atoms with van der Waals surface area (Å²) in [4.78, 5) is 3.93. The molecule has 1 heterocycles. The fourth-order valence-electron chi connectivity index (χ4n) is 1.45. The molecule has 0 fully saturated rings. The molecule has 0 bridgehead atoms. The van der Waals surface area contributed by atoms with Crippen LogP contribution >= 0.6 is 0 Å². The fourth-order valence-corrected chi connectivity index (χ4v) is 1.45. The Morgan fingerprint density at radius 3 is 2.53 bits per heavy atom. The van der Waals surface area contributed by atoms with Gasteiger partial charge in [0.15, 0.2) is 0 Å². The molecule has 0 aliphatic heterocycles. The molecule has 0 amide bonds. The number of rotatable bonds is 2. The largest absolute Gasteiger partial charge is 0.398 e. The summed E-state index contributed by atoms with van der Waals surface area (Å²) < 4.78 is 12.8. The smallest absolute Gasteiger partial charge is 0.125 e. The van der Waals surface area contributed by atoms with Crippen molar-refractivity contribution >= 4 is 5.69 Å². The molecule has 0 spiro atoms. The summed E-state index contributed by atoms with van der Waals surface area (Å²) in [5, 5.41) is 0. The minimum Gasteiger partial charge on any atom is -0.398 e. The van der Waals surface area contributed by atoms with Crippen molar-refractivity contribution in [2.45, 2.75) is 6.42 Å². The van der Waals surface area contributed by atoms with Gasteiger partial charge in [-0.15, -0.1) is 0 Å². The number of aromatic nitrogens is 1. The second-order valence-corrected chi connectivity index (χ2v) is 3.38. The topological polar surface area (TPSA) is 38.9 Å². The summed E-state index contributed by atoms with van der Waals surface area (Å²) in [6.07, 6.45) is 4.17. The van der Waals surface area contributed by atoms with Crippen LogP contribution in [0.15, 0.2) is 42.7 Å². The molecule has 2 nitrogen and oxygen atoms in total. The first-order valence-corrected chi connectivity index (χ1v) is 4.68. The first-order valence-electron chi connectivity index (χ1n) is 4.68. The second kappa shape index (κ2) is 4.09. The van der Waals surface area contributed by atoms with Crippen molar-refractivity contribution in [2.24, 2.45) is 0 Å². The standard InChI is InChI=1S/C12H11FN2/c13-11-2-1-10(12(14)8-11)7-9-3-5-15-6-4-9/h1-6,8H,7,14H2. The summed E-state index contributed by atoms with van der Waals surface area (Å²) in [7, 11) is 0. The molecule has 2 aromatic rings. The van der Waals surface area contributed by atoms with Gasteiger partial charge >= 0.3 is 0 Å². The summed E-state index contributed by atoms with van der Waals surface area (Å²) in [6.45, 7) is 0. The molecule has 0 aliphatic carbocycles. The van der Waals surface area contributed by atoms with Gasteiger partial charge in [-0.1, -0.05) is 6.07 Å². The molecule has 1 aromatic heterocycles. The van der Waals surface area contributed by atoms with E-state index < -0.39 is 0 Å². The lowest BCUT2D eigenvalue weighted by Crippen LogP contribution is -1.96. The molecule has 3 heteroatoms. The normalized spacial score (nSPS) is 10.2. The molecule has 0 unspecified atom stereocenters. The number of hydrogen-bond acceptors (Lipinski definition) is 2. The monoisotopic (exact) mass is 202 g/mol. The lowest BCUT2D eigenvalue weighted by Gasteiger charge is -2.05. The molecule has 0 radical (unpaired) electrons. The van der Waals surface area contributed by atoms with Crippen molar-refractivity contribution in [3.05, 3.63) is 59.7 Å². The molecule has 76 valence electrons. The third kappa shape index (κ3) is 2.31. The number of nitrogens with two attached hydrogens (primary N) is 1. The first kappa shape index (κ1) is 9.65. The maximum absolute atomic E-state index is 12.8. The van der Waals surface area contributed by atoms with E-state index >= 15 is 0 Å². The Bertz CT molecular complexity index is 454. The lowest BCUT2D eigenvalue weighted by molar-refractivity contribution is 0.628. The number of anilines is 1. The molecule has 0 atom stereocenters. The fraction of sp³-hybridized carbons (Fsp3) is 0.0833. The van der Waals surface area contributed by atoms with Crippen LogP contribution < -0.4 is 5.73 Å². The maximum Gasteiger partial charge on any atom is 0.125 e. The number of pyridine rings is 1. The molecule has 0 saturated heterocycles. The van der Waals surface area contributed by atoms with Crippen LogP contribution in [0.1, 0.15) is 11.1 Å². The highest BCUT2D eigenvalue weighted by Gasteiger charge is 2.01. The molecule has 2 rings (SSSR count). The van der Waals surface area contributed by atoms with E-state index in [2.05, 4.69) is 4.98 Å². The van der Waals surface area contributed by atoms with E-state index in [1.54, 1.807) is 18.5 Å². The predicted molar refractivity (Wildman–Crippen MR) is 57.9 cm³/mol. The zero-order valence-electron chi connectivity index (χ0n) is 8.15. The Labute approximate surface area is 87.6 Å². The molecule has 1 aromatic carbocycles. The van der Waals surface area contributed by atoms with Crippen LogP contribution in [0.2, 0.25) is 0 Å². The average Bonchev–Trinajstić information content (AvgIpc) is 2.24. The third-order valence-electron chi connectivity index (χ3n) is 2.25. The SMILES string of the molecule is Nc1cc(F)ccc1Cc1ccncc1. The Morgan fingerprint density at radius 1 is 1.13 bits per heavy atom. The van der Waals surface area contributed by atoms with E-state index in [4.69, 9.17) is 5.73 Å². The van der Waals surface area contributed by atoms with E-state index in [-0.39, 0.29) is 5.82 Å². The van der Waals surface area contributed by atoms with Gasteiger partial charge in [0.2, 0.25) is 0 Å². The van der Waals surface area contributed by atoms with E-state index in [1.807, 2.05) is 12.1 Å². The maximum atomic E-state index is 12.8. The van der Waals surface area contributed by atoms with Gasteiger partial charge in [0.25, 0.3) is 0 Å². The highest BCUT2D eigenvalue weighted by molar-refractivity contribution is 5.48. The summed E-state index contributed by atoms with van der Waals surface area (Å²) in [5.41, 5.74) is 8.25. The van der Waals surface area contributed by atoms with E-state index in [9.17, 15) is 4.39 Å². The Balaban J connectivity index is 2.25. The van der Waals surface area contributed by atoms with Gasteiger partial charge < -0.3 is 5.73 Å². The zero-order valence-corrected chi connectivity index (χ0v) is 8.15. The number of benzene rings is 1. The van der Waals surface area contributed by atoms with Gasteiger partial charge in [0.05, 0.1) is 0 Å². The summed E-state index contributed by atoms with van der Waals surface area (Å²) in [6, 6.07) is 8.32. The Morgan fingerprint density at radius 2 is 1.87 bits per heavy atom. The minimum absolute atomic E-state index is 0.300. The van der Waals surface area contributed by atoms with Crippen LogP contribution in [-0.2, 0) is 6.42 Å². The van der Waals surface area contributed by atoms with Gasteiger partial charge in [-0.05, 0) is 41.8 Å². The van der Waals surface area contributed by atoms with Gasteiger partial charge in [-0.2, -0.15) is 0 Å². The zero-order chi connectivity index (χ0) is 10.7. The van der Waals surface area contributed by atoms with Crippen LogP contribution in [0.3, 0.4) is 0 Å². The predicted octanol–water partition coefficient (Wildman–Crippen LogP) is 2.39. The van der Waals surface area contributed by atoms with Crippen molar-refractivity contribution in [1.29, 1.82) is 0 Å². The Kier molecular flexibility index (Phi) is 2.63. The van der Waals surface area contributed by atoms with Crippen LogP contribution in [0, 0.1) is 5.82 Å². The van der Waals surface area contributed by atoms with Gasteiger partial charge in [-0.3, -0.25) is 4.98 Å².